The van der Waals surface area contributed by atoms with Crippen molar-refractivity contribution in [3.63, 3.8) is 0 Å². The fourth-order valence-corrected chi connectivity index (χ4v) is 1.64. The third-order valence-electron chi connectivity index (χ3n) is 2.67. The molecule has 0 fully saturated rings. The minimum atomic E-state index is -0.188. The molecule has 1 rings (SSSR count). The van der Waals surface area contributed by atoms with Crippen LogP contribution in [0.5, 0.6) is 0 Å². The smallest absolute Gasteiger partial charge is 0.253 e. The van der Waals surface area contributed by atoms with Crippen molar-refractivity contribution in [1.29, 1.82) is 0 Å². The molecule has 19 heavy (non-hydrogen) atoms. The number of amides is 2. The molecule has 5 nitrogen and oxygen atoms in total. The normalized spacial score (nSPS) is 11.8. The molecule has 0 radical (unpaired) electrons. The molecule has 5 heteroatoms. The van der Waals surface area contributed by atoms with Crippen molar-refractivity contribution < 1.29 is 9.59 Å². The molecule has 0 saturated heterocycles. The number of hydrogen-bond acceptors (Lipinski definition) is 3. The van der Waals surface area contributed by atoms with E-state index in [9.17, 15) is 9.59 Å². The van der Waals surface area contributed by atoms with Gasteiger partial charge in [0.15, 0.2) is 0 Å². The van der Waals surface area contributed by atoms with Gasteiger partial charge in [0.1, 0.15) is 0 Å². The molecule has 2 amide bonds. The second-order valence-electron chi connectivity index (χ2n) is 4.96. The van der Waals surface area contributed by atoms with Crippen molar-refractivity contribution in [3.05, 3.63) is 29.3 Å². The lowest BCUT2D eigenvalue weighted by atomic mass is 10.1. The van der Waals surface area contributed by atoms with Gasteiger partial charge in [0.2, 0.25) is 5.91 Å². The average Bonchev–Trinajstić information content (AvgIpc) is 2.29. The Morgan fingerprint density at radius 3 is 2.53 bits per heavy atom. The van der Waals surface area contributed by atoms with Gasteiger partial charge in [-0.15, -0.1) is 0 Å². The van der Waals surface area contributed by atoms with Crippen LogP contribution >= 0.6 is 0 Å². The van der Waals surface area contributed by atoms with Crippen molar-refractivity contribution in [2.75, 3.05) is 19.4 Å². The first-order valence-corrected chi connectivity index (χ1v) is 6.19. The zero-order valence-electron chi connectivity index (χ0n) is 11.9. The Morgan fingerprint density at radius 1 is 1.37 bits per heavy atom. The number of nitrogens with one attached hydrogen (secondary N) is 1. The van der Waals surface area contributed by atoms with E-state index in [-0.39, 0.29) is 24.3 Å². The Morgan fingerprint density at radius 2 is 2.00 bits per heavy atom. The van der Waals surface area contributed by atoms with Gasteiger partial charge in [-0.05, 0) is 31.5 Å². The Hall–Kier alpha value is -1.88. The third kappa shape index (κ3) is 4.37. The Bertz CT molecular complexity index is 482. The number of anilines is 1. The highest BCUT2D eigenvalue weighted by atomic mass is 16.2. The monoisotopic (exact) mass is 263 g/mol. The molecule has 0 aromatic heterocycles. The van der Waals surface area contributed by atoms with Gasteiger partial charge in [-0.25, -0.2) is 0 Å². The van der Waals surface area contributed by atoms with Crippen LogP contribution in [-0.4, -0.2) is 36.9 Å². The molecule has 1 atom stereocenters. The lowest BCUT2D eigenvalue weighted by Gasteiger charge is -2.14. The van der Waals surface area contributed by atoms with Crippen LogP contribution in [0.1, 0.15) is 29.3 Å². The van der Waals surface area contributed by atoms with E-state index in [1.807, 2.05) is 13.0 Å². The maximum atomic E-state index is 11.9. The summed E-state index contributed by atoms with van der Waals surface area (Å²) < 4.78 is 0. The van der Waals surface area contributed by atoms with Crippen LogP contribution in [0.15, 0.2) is 18.2 Å². The van der Waals surface area contributed by atoms with E-state index in [1.165, 1.54) is 4.90 Å². The number of carbonyl (C=O) groups excluding carboxylic acids is 2. The third-order valence-corrected chi connectivity index (χ3v) is 2.67. The lowest BCUT2D eigenvalue weighted by Crippen LogP contribution is -2.25. The van der Waals surface area contributed by atoms with Crippen molar-refractivity contribution in [1.82, 2.24) is 4.90 Å². The summed E-state index contributed by atoms with van der Waals surface area (Å²) in [6.07, 6.45) is 0.255. The molecule has 0 spiro atoms. The molecule has 0 saturated carbocycles. The summed E-state index contributed by atoms with van der Waals surface area (Å²) in [6, 6.07) is 5.07. The Kier molecular flexibility index (Phi) is 5.06. The topological polar surface area (TPSA) is 75.4 Å². The lowest BCUT2D eigenvalue weighted by molar-refractivity contribution is -0.116. The van der Waals surface area contributed by atoms with E-state index in [0.29, 0.717) is 11.3 Å². The maximum absolute atomic E-state index is 11.9. The fourth-order valence-electron chi connectivity index (χ4n) is 1.64. The highest BCUT2D eigenvalue weighted by molar-refractivity contribution is 5.97. The molecule has 0 aliphatic heterocycles. The fraction of sp³-hybridized carbons (Fsp3) is 0.429. The average molecular weight is 263 g/mol. The standard InChI is InChI=1S/C14H21N3O2/c1-9-5-6-11(14(19)17(3)4)8-12(9)16-13(18)7-10(2)15/h5-6,8,10H,7,15H2,1-4H3,(H,16,18). The Labute approximate surface area is 113 Å². The summed E-state index contributed by atoms with van der Waals surface area (Å²) in [4.78, 5) is 25.1. The molecule has 0 bridgehead atoms. The number of nitrogens with zero attached hydrogens (tertiary/aromatic N) is 1. The molecule has 0 aliphatic rings. The minimum absolute atomic E-state index is 0.0947. The van der Waals surface area contributed by atoms with Crippen molar-refractivity contribution in [3.8, 4) is 0 Å². The Balaban J connectivity index is 2.92. The number of rotatable bonds is 4. The van der Waals surface area contributed by atoms with Crippen LogP contribution in [0.2, 0.25) is 0 Å². The van der Waals surface area contributed by atoms with Crippen LogP contribution in [0.3, 0.4) is 0 Å². The number of hydrogen-bond donors (Lipinski definition) is 2. The first-order valence-electron chi connectivity index (χ1n) is 6.19. The highest BCUT2D eigenvalue weighted by Crippen LogP contribution is 2.18. The molecule has 104 valence electrons. The number of aryl methyl sites for hydroxylation is 1. The summed E-state index contributed by atoms with van der Waals surface area (Å²) >= 11 is 0. The number of nitrogens with two attached hydrogens (primary N) is 1. The SMILES string of the molecule is Cc1ccc(C(=O)N(C)C)cc1NC(=O)CC(C)N. The number of carbonyl (C=O) groups is 2. The van der Waals surface area contributed by atoms with Crippen LogP contribution < -0.4 is 11.1 Å². The summed E-state index contributed by atoms with van der Waals surface area (Å²) in [5, 5.41) is 2.79. The maximum Gasteiger partial charge on any atom is 0.253 e. The van der Waals surface area contributed by atoms with E-state index < -0.39 is 0 Å². The second kappa shape index (κ2) is 6.33. The molecular formula is C14H21N3O2. The molecule has 1 unspecified atom stereocenters. The van der Waals surface area contributed by atoms with Crippen LogP contribution in [0.4, 0.5) is 5.69 Å². The van der Waals surface area contributed by atoms with Gasteiger partial charge in [-0.2, -0.15) is 0 Å². The van der Waals surface area contributed by atoms with Crippen molar-refractivity contribution in [2.45, 2.75) is 26.3 Å². The second-order valence-corrected chi connectivity index (χ2v) is 4.96. The van der Waals surface area contributed by atoms with E-state index in [0.717, 1.165) is 5.56 Å². The van der Waals surface area contributed by atoms with E-state index >= 15 is 0 Å². The molecule has 3 N–H and O–H groups in total. The molecule has 0 aliphatic carbocycles. The van der Waals surface area contributed by atoms with E-state index in [4.69, 9.17) is 5.73 Å². The highest BCUT2D eigenvalue weighted by Gasteiger charge is 2.12. The zero-order valence-corrected chi connectivity index (χ0v) is 11.9. The first-order chi connectivity index (χ1) is 8.81. The van der Waals surface area contributed by atoms with E-state index in [1.54, 1.807) is 33.2 Å². The van der Waals surface area contributed by atoms with Gasteiger partial charge in [-0.3, -0.25) is 9.59 Å². The first kappa shape index (κ1) is 15.2. The van der Waals surface area contributed by atoms with Gasteiger partial charge in [0.05, 0.1) is 0 Å². The van der Waals surface area contributed by atoms with Crippen molar-refractivity contribution >= 4 is 17.5 Å². The minimum Gasteiger partial charge on any atom is -0.345 e. The van der Waals surface area contributed by atoms with Crippen molar-refractivity contribution in [2.24, 2.45) is 5.73 Å². The predicted octanol–water partition coefficient (Wildman–Crippen LogP) is 1.37. The van der Waals surface area contributed by atoms with Gasteiger partial charge >= 0.3 is 0 Å². The summed E-state index contributed by atoms with van der Waals surface area (Å²) in [5.41, 5.74) is 7.69. The molecular weight excluding hydrogens is 242 g/mol. The molecule has 1 aromatic carbocycles. The summed E-state index contributed by atoms with van der Waals surface area (Å²) in [7, 11) is 3.38. The zero-order chi connectivity index (χ0) is 14.6. The van der Waals surface area contributed by atoms with Gasteiger partial charge in [0, 0.05) is 37.8 Å². The molecule has 1 aromatic rings. The largest absolute Gasteiger partial charge is 0.345 e. The quantitative estimate of drug-likeness (QED) is 0.861. The van der Waals surface area contributed by atoms with Crippen LogP contribution in [0.25, 0.3) is 0 Å². The van der Waals surface area contributed by atoms with Gasteiger partial charge < -0.3 is 16.0 Å². The predicted molar refractivity (Wildman–Crippen MR) is 76.1 cm³/mol. The van der Waals surface area contributed by atoms with Gasteiger partial charge in [0.25, 0.3) is 5.91 Å². The summed E-state index contributed by atoms with van der Waals surface area (Å²) in [6.45, 7) is 3.66. The number of benzene rings is 1. The molecule has 0 heterocycles. The van der Waals surface area contributed by atoms with E-state index in [2.05, 4.69) is 5.32 Å². The summed E-state index contributed by atoms with van der Waals surface area (Å²) in [5.74, 6) is -0.241. The van der Waals surface area contributed by atoms with Gasteiger partial charge in [-0.1, -0.05) is 6.07 Å². The van der Waals surface area contributed by atoms with Crippen LogP contribution in [0, 0.1) is 6.92 Å². The van der Waals surface area contributed by atoms with Crippen LogP contribution in [-0.2, 0) is 4.79 Å².